The van der Waals surface area contributed by atoms with E-state index in [2.05, 4.69) is 49.0 Å². The van der Waals surface area contributed by atoms with Gasteiger partial charge in [-0.3, -0.25) is 9.55 Å². The Hall–Kier alpha value is -2.69. The van der Waals surface area contributed by atoms with E-state index < -0.39 is 0 Å². The van der Waals surface area contributed by atoms with Crippen LogP contribution in [0.4, 0.5) is 0 Å². The van der Waals surface area contributed by atoms with E-state index in [1.165, 1.54) is 22.5 Å². The summed E-state index contributed by atoms with van der Waals surface area (Å²) in [5.41, 5.74) is 7.09. The molecule has 0 bridgehead atoms. The second kappa shape index (κ2) is 3.25. The molecule has 0 aliphatic carbocycles. The van der Waals surface area contributed by atoms with Crippen LogP contribution in [0.3, 0.4) is 0 Å². The Labute approximate surface area is 114 Å². The second-order valence-corrected chi connectivity index (χ2v) is 5.22. The van der Waals surface area contributed by atoms with Gasteiger partial charge in [-0.15, -0.1) is 0 Å². The van der Waals surface area contributed by atoms with Crippen LogP contribution in [0.1, 0.15) is 5.56 Å². The minimum absolute atomic E-state index is 0.913. The Bertz CT molecular complexity index is 992. The normalized spacial score (nSPS) is 13.1. The molecular formula is C15H12N5+. The first-order valence-corrected chi connectivity index (χ1v) is 6.62. The lowest BCUT2D eigenvalue weighted by Crippen LogP contribution is -2.29. The van der Waals surface area contributed by atoms with Gasteiger partial charge < -0.3 is 0 Å². The lowest BCUT2D eigenvalue weighted by atomic mass is 10.1. The molecule has 0 atom stereocenters. The Morgan fingerprint density at radius 1 is 1.25 bits per heavy atom. The molecule has 1 aliphatic heterocycles. The van der Waals surface area contributed by atoms with Gasteiger partial charge in [0.2, 0.25) is 5.69 Å². The van der Waals surface area contributed by atoms with Gasteiger partial charge in [0.05, 0.1) is 5.56 Å². The van der Waals surface area contributed by atoms with Crippen molar-refractivity contribution >= 4 is 16.8 Å². The van der Waals surface area contributed by atoms with Gasteiger partial charge in [-0.05, 0) is 18.2 Å². The first kappa shape index (κ1) is 10.1. The van der Waals surface area contributed by atoms with Crippen LogP contribution >= 0.6 is 0 Å². The van der Waals surface area contributed by atoms with Crippen molar-refractivity contribution in [1.29, 1.82) is 0 Å². The highest BCUT2D eigenvalue weighted by atomic mass is 15.2. The number of pyridine rings is 2. The molecule has 5 heterocycles. The summed E-state index contributed by atoms with van der Waals surface area (Å²) in [7, 11) is 2.07. The van der Waals surface area contributed by atoms with Crippen molar-refractivity contribution in [3.63, 3.8) is 0 Å². The topological polar surface area (TPSA) is 39.0 Å². The lowest BCUT2D eigenvalue weighted by Gasteiger charge is -1.94. The Morgan fingerprint density at radius 2 is 2.20 bits per heavy atom. The molecule has 0 radical (unpaired) electrons. The smallest absolute Gasteiger partial charge is 0.256 e. The number of hydrogen-bond donors (Lipinski definition) is 0. The molecule has 0 unspecified atom stereocenters. The molecule has 20 heavy (non-hydrogen) atoms. The molecule has 0 aromatic carbocycles. The standard InChI is InChI=1S/C15H12N5/c1-18-14-12(3-2-5-17-14)20-9-19-8-10-4-6-16-7-11(10)13(19)15(18)20/h2-7,9H,8H2,1H3/q+1. The van der Waals surface area contributed by atoms with Crippen molar-refractivity contribution in [2.45, 2.75) is 6.54 Å². The number of aryl methyl sites for hydroxylation is 1. The molecule has 96 valence electrons. The van der Waals surface area contributed by atoms with Crippen molar-refractivity contribution in [2.75, 3.05) is 0 Å². The van der Waals surface area contributed by atoms with Crippen LogP contribution in [0.2, 0.25) is 0 Å². The molecule has 4 aromatic heterocycles. The van der Waals surface area contributed by atoms with Crippen LogP contribution in [0.15, 0.2) is 43.1 Å². The van der Waals surface area contributed by atoms with Crippen molar-refractivity contribution in [3.8, 4) is 11.3 Å². The van der Waals surface area contributed by atoms with Crippen LogP contribution in [-0.2, 0) is 13.6 Å². The highest BCUT2D eigenvalue weighted by Crippen LogP contribution is 2.32. The molecule has 5 rings (SSSR count). The fraction of sp³-hybridized carbons (Fsp3) is 0.133. The van der Waals surface area contributed by atoms with E-state index in [9.17, 15) is 0 Å². The zero-order chi connectivity index (χ0) is 13.3. The third-order valence-corrected chi connectivity index (χ3v) is 4.15. The van der Waals surface area contributed by atoms with Gasteiger partial charge in [0, 0.05) is 31.2 Å². The van der Waals surface area contributed by atoms with Crippen LogP contribution in [0, 0.1) is 0 Å². The molecule has 0 N–H and O–H groups in total. The summed E-state index contributed by atoms with van der Waals surface area (Å²) in [6.07, 6.45) is 7.82. The summed E-state index contributed by atoms with van der Waals surface area (Å²) >= 11 is 0. The van der Waals surface area contributed by atoms with Crippen LogP contribution in [0.25, 0.3) is 28.1 Å². The van der Waals surface area contributed by atoms with Crippen LogP contribution in [-0.4, -0.2) is 18.9 Å². The number of hydrogen-bond acceptors (Lipinski definition) is 2. The highest BCUT2D eigenvalue weighted by molar-refractivity contribution is 5.85. The van der Waals surface area contributed by atoms with Gasteiger partial charge in [0.25, 0.3) is 12.0 Å². The maximum Gasteiger partial charge on any atom is 0.256 e. The van der Waals surface area contributed by atoms with Gasteiger partial charge >= 0.3 is 0 Å². The highest BCUT2D eigenvalue weighted by Gasteiger charge is 2.32. The molecule has 5 heteroatoms. The molecule has 0 spiro atoms. The molecule has 5 nitrogen and oxygen atoms in total. The molecule has 0 saturated carbocycles. The second-order valence-electron chi connectivity index (χ2n) is 5.22. The van der Waals surface area contributed by atoms with Gasteiger partial charge in [0.1, 0.15) is 6.54 Å². The van der Waals surface area contributed by atoms with Crippen LogP contribution in [0.5, 0.6) is 0 Å². The predicted molar refractivity (Wildman–Crippen MR) is 74.2 cm³/mol. The van der Waals surface area contributed by atoms with E-state index >= 15 is 0 Å². The summed E-state index contributed by atoms with van der Waals surface area (Å²) in [5, 5.41) is 0. The van der Waals surface area contributed by atoms with E-state index in [0.717, 1.165) is 17.7 Å². The Kier molecular flexibility index (Phi) is 1.65. The predicted octanol–water partition coefficient (Wildman–Crippen LogP) is 1.54. The fourth-order valence-electron chi connectivity index (χ4n) is 3.28. The number of rotatable bonds is 0. The van der Waals surface area contributed by atoms with Gasteiger partial charge in [-0.25, -0.2) is 9.55 Å². The molecular weight excluding hydrogens is 250 g/mol. The largest absolute Gasteiger partial charge is 0.289 e. The van der Waals surface area contributed by atoms with Gasteiger partial charge in [0.15, 0.2) is 11.2 Å². The van der Waals surface area contributed by atoms with E-state index in [0.29, 0.717) is 0 Å². The average molecular weight is 262 g/mol. The first-order chi connectivity index (χ1) is 9.84. The van der Waals surface area contributed by atoms with E-state index in [4.69, 9.17) is 0 Å². The number of imidazole rings is 2. The maximum absolute atomic E-state index is 4.49. The number of fused-ring (bicyclic) bond motifs is 7. The van der Waals surface area contributed by atoms with Crippen molar-refractivity contribution in [2.24, 2.45) is 7.05 Å². The molecule has 0 fully saturated rings. The molecule has 0 amide bonds. The molecule has 4 aromatic rings. The van der Waals surface area contributed by atoms with E-state index in [1.54, 1.807) is 0 Å². The zero-order valence-corrected chi connectivity index (χ0v) is 11.0. The summed E-state index contributed by atoms with van der Waals surface area (Å²) in [6.45, 7) is 0.913. The van der Waals surface area contributed by atoms with E-state index in [1.807, 2.05) is 24.7 Å². The minimum Gasteiger partial charge on any atom is -0.289 e. The van der Waals surface area contributed by atoms with Crippen LogP contribution < -0.4 is 4.57 Å². The first-order valence-electron chi connectivity index (χ1n) is 6.62. The third kappa shape index (κ3) is 1.02. The Morgan fingerprint density at radius 3 is 3.15 bits per heavy atom. The fourth-order valence-corrected chi connectivity index (χ4v) is 3.28. The molecule has 1 aliphatic rings. The van der Waals surface area contributed by atoms with Crippen molar-refractivity contribution < 1.29 is 4.57 Å². The third-order valence-electron chi connectivity index (χ3n) is 4.15. The zero-order valence-electron chi connectivity index (χ0n) is 11.0. The minimum atomic E-state index is 0.913. The lowest BCUT2D eigenvalue weighted by molar-refractivity contribution is -0.671. The monoisotopic (exact) mass is 262 g/mol. The van der Waals surface area contributed by atoms with Gasteiger partial charge in [-0.2, -0.15) is 4.40 Å². The summed E-state index contributed by atoms with van der Waals surface area (Å²) in [6, 6.07) is 6.18. The average Bonchev–Trinajstić information content (AvgIpc) is 3.08. The van der Waals surface area contributed by atoms with E-state index in [-0.39, 0.29) is 0 Å². The van der Waals surface area contributed by atoms with Crippen molar-refractivity contribution in [3.05, 3.63) is 48.7 Å². The SMILES string of the molecule is Cn1c2ncccc2n2c[n+]3c(c12)-c1cnccc1C3. The number of aromatic nitrogens is 5. The summed E-state index contributed by atoms with van der Waals surface area (Å²) in [5.74, 6) is 0. The van der Waals surface area contributed by atoms with Crippen molar-refractivity contribution in [1.82, 2.24) is 18.9 Å². The molecule has 0 saturated heterocycles. The summed E-state index contributed by atoms with van der Waals surface area (Å²) < 4.78 is 6.66. The maximum atomic E-state index is 4.49. The quantitative estimate of drug-likeness (QED) is 0.397. The summed E-state index contributed by atoms with van der Waals surface area (Å²) in [4.78, 5) is 8.77. The number of nitrogens with zero attached hydrogens (tertiary/aromatic N) is 5. The van der Waals surface area contributed by atoms with Gasteiger partial charge in [-0.1, -0.05) is 0 Å². The Balaban J connectivity index is 2.01.